The Morgan fingerprint density at radius 1 is 0.750 bits per heavy atom. The monoisotopic (exact) mass is 594 g/mol. The summed E-state index contributed by atoms with van der Waals surface area (Å²) in [6, 6.07) is 0. The standard InChI is InChI=1S/C29H59N2O8P/c1-5-6-7-8-9-10-11-12-13-14-15-16-17-18-19-20-28(32)36-25-27(39-29(33)21-22-30)26-38-40(34,35)37-24-23-31(2,3)4/h27H,5-26,30H2,1-4H3/t27-/m1/s1. The molecule has 0 heterocycles. The largest absolute Gasteiger partial charge is 0.756 e. The molecule has 0 aromatic carbocycles. The molecule has 0 saturated carbocycles. The first kappa shape index (κ1) is 39.0. The number of hydrogen-bond donors (Lipinski definition) is 1. The maximum Gasteiger partial charge on any atom is 0.307 e. The Kier molecular flexibility index (Phi) is 23.9. The third-order valence-corrected chi connectivity index (χ3v) is 7.46. The molecule has 2 atom stereocenters. The second-order valence-corrected chi connectivity index (χ2v) is 13.0. The molecule has 0 spiro atoms. The summed E-state index contributed by atoms with van der Waals surface area (Å²) in [6.45, 7) is 1.94. The number of rotatable bonds is 28. The molecule has 0 bridgehead atoms. The van der Waals surface area contributed by atoms with Crippen LogP contribution in [0.3, 0.4) is 0 Å². The van der Waals surface area contributed by atoms with Gasteiger partial charge in [0.2, 0.25) is 0 Å². The SMILES string of the molecule is CCCCCCCCCCCCCCCCCC(=O)OC[C@H](COP(=O)([O-])OCC[N+](C)(C)C)OC(=O)CCN. The minimum atomic E-state index is -4.60. The van der Waals surface area contributed by atoms with Crippen LogP contribution in [0.15, 0.2) is 0 Å². The quantitative estimate of drug-likeness (QED) is 0.0556. The summed E-state index contributed by atoms with van der Waals surface area (Å²) in [7, 11) is 1.11. The average molecular weight is 595 g/mol. The Morgan fingerprint density at radius 2 is 1.25 bits per heavy atom. The Bertz CT molecular complexity index is 687. The fourth-order valence-electron chi connectivity index (χ4n) is 4.02. The number of carbonyl (C=O) groups excluding carboxylic acids is 2. The van der Waals surface area contributed by atoms with Crippen LogP contribution in [0.25, 0.3) is 0 Å². The molecule has 0 aromatic rings. The molecular weight excluding hydrogens is 535 g/mol. The van der Waals surface area contributed by atoms with Crippen LogP contribution in [-0.2, 0) is 32.7 Å². The summed E-state index contributed by atoms with van der Waals surface area (Å²) >= 11 is 0. The minimum absolute atomic E-state index is 0.0430. The van der Waals surface area contributed by atoms with Crippen molar-refractivity contribution in [1.29, 1.82) is 0 Å². The summed E-state index contributed by atoms with van der Waals surface area (Å²) < 4.78 is 32.7. The number of likely N-dealkylation sites (N-methyl/N-ethyl adjacent to an activating group) is 1. The highest BCUT2D eigenvalue weighted by atomic mass is 31.2. The van der Waals surface area contributed by atoms with Crippen LogP contribution in [0, 0.1) is 0 Å². The lowest BCUT2D eigenvalue weighted by molar-refractivity contribution is -0.870. The van der Waals surface area contributed by atoms with E-state index in [2.05, 4.69) is 6.92 Å². The highest BCUT2D eigenvalue weighted by Gasteiger charge is 2.21. The van der Waals surface area contributed by atoms with Gasteiger partial charge in [-0.2, -0.15) is 0 Å². The average Bonchev–Trinajstić information content (AvgIpc) is 2.87. The Labute approximate surface area is 243 Å². The van der Waals surface area contributed by atoms with E-state index in [4.69, 9.17) is 24.3 Å². The first-order chi connectivity index (χ1) is 19.0. The molecule has 40 heavy (non-hydrogen) atoms. The molecule has 2 N–H and O–H groups in total. The van der Waals surface area contributed by atoms with E-state index >= 15 is 0 Å². The number of phosphoric ester groups is 1. The van der Waals surface area contributed by atoms with E-state index in [1.165, 1.54) is 77.0 Å². The summed E-state index contributed by atoms with van der Waals surface area (Å²) in [5.41, 5.74) is 5.37. The molecule has 11 heteroatoms. The van der Waals surface area contributed by atoms with Gasteiger partial charge in [0.25, 0.3) is 7.82 Å². The van der Waals surface area contributed by atoms with Gasteiger partial charge in [0, 0.05) is 13.0 Å². The molecule has 10 nitrogen and oxygen atoms in total. The fourth-order valence-corrected chi connectivity index (χ4v) is 4.74. The molecular formula is C29H59N2O8P. The number of phosphoric acid groups is 1. The van der Waals surface area contributed by atoms with Gasteiger partial charge in [-0.3, -0.25) is 14.2 Å². The number of ether oxygens (including phenoxy) is 2. The van der Waals surface area contributed by atoms with Gasteiger partial charge in [-0.15, -0.1) is 0 Å². The minimum Gasteiger partial charge on any atom is -0.756 e. The summed E-state index contributed by atoms with van der Waals surface area (Å²) in [5.74, 6) is -1.04. The maximum absolute atomic E-state index is 12.2. The Morgan fingerprint density at radius 3 is 1.73 bits per heavy atom. The van der Waals surface area contributed by atoms with E-state index in [0.717, 1.165) is 19.3 Å². The maximum atomic E-state index is 12.2. The van der Waals surface area contributed by atoms with Crippen molar-refractivity contribution in [2.75, 3.05) is 54.1 Å². The van der Waals surface area contributed by atoms with Crippen molar-refractivity contribution >= 4 is 19.8 Å². The molecule has 0 aliphatic carbocycles. The number of nitrogens with zero attached hydrogens (tertiary/aromatic N) is 1. The third-order valence-electron chi connectivity index (χ3n) is 6.49. The molecule has 0 aliphatic rings. The molecule has 0 radical (unpaired) electrons. The van der Waals surface area contributed by atoms with Crippen LogP contribution in [0.5, 0.6) is 0 Å². The number of hydrogen-bond acceptors (Lipinski definition) is 9. The number of esters is 2. The van der Waals surface area contributed by atoms with Crippen LogP contribution in [0.2, 0.25) is 0 Å². The van der Waals surface area contributed by atoms with Crippen LogP contribution in [0.1, 0.15) is 116 Å². The van der Waals surface area contributed by atoms with Crippen molar-refractivity contribution in [3.8, 4) is 0 Å². The zero-order valence-electron chi connectivity index (χ0n) is 25.9. The number of unbranched alkanes of at least 4 members (excludes halogenated alkanes) is 14. The predicted molar refractivity (Wildman–Crippen MR) is 156 cm³/mol. The predicted octanol–water partition coefficient (Wildman–Crippen LogP) is 5.26. The van der Waals surface area contributed by atoms with E-state index in [9.17, 15) is 19.0 Å². The van der Waals surface area contributed by atoms with E-state index < -0.39 is 32.5 Å². The summed E-state index contributed by atoms with van der Waals surface area (Å²) in [5, 5.41) is 0. The normalized spacial score (nSPS) is 14.1. The van der Waals surface area contributed by atoms with Crippen molar-refractivity contribution in [3.05, 3.63) is 0 Å². The zero-order valence-corrected chi connectivity index (χ0v) is 26.8. The van der Waals surface area contributed by atoms with Crippen LogP contribution >= 0.6 is 7.82 Å². The van der Waals surface area contributed by atoms with Crippen molar-refractivity contribution in [1.82, 2.24) is 0 Å². The van der Waals surface area contributed by atoms with Gasteiger partial charge in [-0.1, -0.05) is 96.8 Å². The summed E-state index contributed by atoms with van der Waals surface area (Å²) in [6.07, 6.45) is 17.8. The van der Waals surface area contributed by atoms with E-state index in [1.807, 2.05) is 21.1 Å². The smallest absolute Gasteiger partial charge is 0.307 e. The number of carbonyl (C=O) groups is 2. The van der Waals surface area contributed by atoms with Gasteiger partial charge < -0.3 is 33.6 Å². The van der Waals surface area contributed by atoms with Crippen molar-refractivity contribution in [3.63, 3.8) is 0 Å². The third kappa shape index (κ3) is 27.2. The van der Waals surface area contributed by atoms with Crippen LogP contribution in [-0.4, -0.2) is 76.6 Å². The first-order valence-electron chi connectivity index (χ1n) is 15.4. The van der Waals surface area contributed by atoms with Crippen molar-refractivity contribution in [2.45, 2.75) is 122 Å². The molecule has 0 amide bonds. The summed E-state index contributed by atoms with van der Waals surface area (Å²) in [4.78, 5) is 36.1. The second kappa shape index (κ2) is 24.6. The molecule has 0 fully saturated rings. The zero-order chi connectivity index (χ0) is 30.1. The Balaban J connectivity index is 4.05. The lowest BCUT2D eigenvalue weighted by Crippen LogP contribution is -2.37. The van der Waals surface area contributed by atoms with E-state index in [1.54, 1.807) is 0 Å². The molecule has 0 saturated heterocycles. The molecule has 0 aliphatic heterocycles. The lowest BCUT2D eigenvalue weighted by Gasteiger charge is -2.28. The van der Waals surface area contributed by atoms with Gasteiger partial charge >= 0.3 is 11.9 Å². The highest BCUT2D eigenvalue weighted by molar-refractivity contribution is 7.45. The lowest BCUT2D eigenvalue weighted by atomic mass is 10.0. The Hall–Kier alpha value is -1.03. The topological polar surface area (TPSA) is 137 Å². The fraction of sp³-hybridized carbons (Fsp3) is 0.931. The molecule has 0 aromatic heterocycles. The van der Waals surface area contributed by atoms with Gasteiger partial charge in [0.05, 0.1) is 34.2 Å². The van der Waals surface area contributed by atoms with E-state index in [0.29, 0.717) is 11.0 Å². The van der Waals surface area contributed by atoms with Crippen molar-refractivity contribution in [2.24, 2.45) is 5.73 Å². The number of quaternary nitrogens is 1. The second-order valence-electron chi connectivity index (χ2n) is 11.6. The van der Waals surface area contributed by atoms with Crippen LogP contribution < -0.4 is 10.6 Å². The van der Waals surface area contributed by atoms with Crippen molar-refractivity contribution < 1.29 is 42.1 Å². The molecule has 0 rings (SSSR count). The first-order valence-corrected chi connectivity index (χ1v) is 16.9. The van der Waals surface area contributed by atoms with Gasteiger partial charge in [-0.05, 0) is 6.42 Å². The van der Waals surface area contributed by atoms with Gasteiger partial charge in [-0.25, -0.2) is 0 Å². The highest BCUT2D eigenvalue weighted by Crippen LogP contribution is 2.38. The molecule has 238 valence electrons. The van der Waals surface area contributed by atoms with E-state index in [-0.39, 0.29) is 32.6 Å². The number of nitrogens with two attached hydrogens (primary N) is 1. The molecule has 1 unspecified atom stereocenters. The van der Waals surface area contributed by atoms with Gasteiger partial charge in [0.15, 0.2) is 6.10 Å². The van der Waals surface area contributed by atoms with Gasteiger partial charge in [0.1, 0.15) is 19.8 Å². The van der Waals surface area contributed by atoms with Crippen LogP contribution in [0.4, 0.5) is 0 Å².